The zero-order valence-corrected chi connectivity index (χ0v) is 17.1. The van der Waals surface area contributed by atoms with Gasteiger partial charge in [-0.25, -0.2) is 0 Å². The SMILES string of the molecule is COC(=O)[C@H]1CN(C(=O)COC(=O)CSc2ccc3ccccc3c2)CCS1. The molecule has 0 unspecified atom stereocenters. The molecule has 0 aromatic heterocycles. The van der Waals surface area contributed by atoms with E-state index in [9.17, 15) is 14.4 Å². The van der Waals surface area contributed by atoms with Gasteiger partial charge in [0.05, 0.1) is 12.9 Å². The monoisotopic (exact) mass is 419 g/mol. The van der Waals surface area contributed by atoms with Crippen LogP contribution in [-0.4, -0.2) is 66.3 Å². The number of carbonyl (C=O) groups excluding carboxylic acids is 3. The lowest BCUT2D eigenvalue weighted by Crippen LogP contribution is -2.46. The Balaban J connectivity index is 1.44. The summed E-state index contributed by atoms with van der Waals surface area (Å²) in [5, 5.41) is 1.87. The Bertz CT molecular complexity index is 873. The van der Waals surface area contributed by atoms with Crippen LogP contribution >= 0.6 is 23.5 Å². The fourth-order valence-corrected chi connectivity index (χ4v) is 4.69. The maximum Gasteiger partial charge on any atom is 0.320 e. The first-order chi connectivity index (χ1) is 13.6. The molecule has 1 saturated heterocycles. The predicted molar refractivity (Wildman–Crippen MR) is 110 cm³/mol. The number of benzene rings is 2. The molecule has 1 aliphatic rings. The van der Waals surface area contributed by atoms with Crippen LogP contribution in [-0.2, 0) is 23.9 Å². The van der Waals surface area contributed by atoms with Gasteiger partial charge < -0.3 is 14.4 Å². The Kier molecular flexibility index (Phi) is 7.22. The van der Waals surface area contributed by atoms with Crippen molar-refractivity contribution in [3.63, 3.8) is 0 Å². The molecule has 2 aromatic carbocycles. The standard InChI is InChI=1S/C20H21NO5S2/c1-25-20(24)17-11-21(8-9-27-17)18(22)12-26-19(23)13-28-16-7-6-14-4-2-3-5-15(14)10-16/h2-7,10,17H,8-9,11-13H2,1H3/t17-/m1/s1. The Morgan fingerprint density at radius 2 is 1.96 bits per heavy atom. The first-order valence-corrected chi connectivity index (χ1v) is 10.8. The van der Waals surface area contributed by atoms with E-state index in [-0.39, 0.29) is 36.0 Å². The number of methoxy groups -OCH3 is 1. The van der Waals surface area contributed by atoms with Crippen LogP contribution < -0.4 is 0 Å². The summed E-state index contributed by atoms with van der Waals surface area (Å²) in [6.45, 7) is 0.496. The summed E-state index contributed by atoms with van der Waals surface area (Å²) in [7, 11) is 1.33. The third-order valence-electron chi connectivity index (χ3n) is 4.32. The lowest BCUT2D eigenvalue weighted by molar-refractivity contribution is -0.150. The van der Waals surface area contributed by atoms with E-state index in [0.29, 0.717) is 12.3 Å². The maximum atomic E-state index is 12.3. The van der Waals surface area contributed by atoms with Crippen LogP contribution in [0.4, 0.5) is 0 Å². The molecule has 8 heteroatoms. The minimum absolute atomic E-state index is 0.131. The van der Waals surface area contributed by atoms with Gasteiger partial charge in [-0.3, -0.25) is 14.4 Å². The highest BCUT2D eigenvalue weighted by Crippen LogP contribution is 2.24. The van der Waals surface area contributed by atoms with Crippen molar-refractivity contribution in [1.29, 1.82) is 0 Å². The molecule has 3 rings (SSSR count). The van der Waals surface area contributed by atoms with E-state index in [1.807, 2.05) is 42.5 Å². The molecule has 1 aliphatic heterocycles. The molecular formula is C20H21NO5S2. The van der Waals surface area contributed by atoms with E-state index in [1.54, 1.807) is 4.90 Å². The molecule has 0 radical (unpaired) electrons. The zero-order chi connectivity index (χ0) is 19.9. The fourth-order valence-electron chi connectivity index (χ4n) is 2.82. The summed E-state index contributed by atoms with van der Waals surface area (Å²) in [6, 6.07) is 14.0. The Morgan fingerprint density at radius 1 is 1.18 bits per heavy atom. The van der Waals surface area contributed by atoms with E-state index < -0.39 is 5.97 Å². The molecular weight excluding hydrogens is 398 g/mol. The lowest BCUT2D eigenvalue weighted by atomic mass is 10.1. The number of carbonyl (C=O) groups is 3. The van der Waals surface area contributed by atoms with Gasteiger partial charge in [-0.1, -0.05) is 30.3 Å². The molecule has 0 saturated carbocycles. The molecule has 0 aliphatic carbocycles. The van der Waals surface area contributed by atoms with Crippen LogP contribution in [0.2, 0.25) is 0 Å². The molecule has 148 valence electrons. The molecule has 2 aromatic rings. The van der Waals surface area contributed by atoms with Gasteiger partial charge in [-0.05, 0) is 22.9 Å². The van der Waals surface area contributed by atoms with Crippen molar-refractivity contribution < 1.29 is 23.9 Å². The highest BCUT2D eigenvalue weighted by atomic mass is 32.2. The predicted octanol–water partition coefficient (Wildman–Crippen LogP) is 2.59. The van der Waals surface area contributed by atoms with Crippen molar-refractivity contribution in [2.24, 2.45) is 0 Å². The van der Waals surface area contributed by atoms with Crippen molar-refractivity contribution in [3.8, 4) is 0 Å². The number of ether oxygens (including phenoxy) is 2. The fraction of sp³-hybridized carbons (Fsp3) is 0.350. The summed E-state index contributed by atoms with van der Waals surface area (Å²) < 4.78 is 9.85. The largest absolute Gasteiger partial charge is 0.468 e. The number of hydrogen-bond donors (Lipinski definition) is 0. The second-order valence-electron chi connectivity index (χ2n) is 6.18. The van der Waals surface area contributed by atoms with E-state index in [4.69, 9.17) is 9.47 Å². The van der Waals surface area contributed by atoms with Crippen LogP contribution in [0.15, 0.2) is 47.4 Å². The van der Waals surface area contributed by atoms with Gasteiger partial charge in [0.15, 0.2) is 6.61 Å². The highest BCUT2D eigenvalue weighted by molar-refractivity contribution is 8.00. The van der Waals surface area contributed by atoms with E-state index in [0.717, 1.165) is 15.7 Å². The summed E-state index contributed by atoms with van der Waals surface area (Å²) in [5.74, 6) is -0.296. The van der Waals surface area contributed by atoms with Crippen LogP contribution in [0.25, 0.3) is 10.8 Å². The van der Waals surface area contributed by atoms with E-state index in [1.165, 1.54) is 30.6 Å². The molecule has 6 nitrogen and oxygen atoms in total. The lowest BCUT2D eigenvalue weighted by Gasteiger charge is -2.30. The number of fused-ring (bicyclic) bond motifs is 1. The molecule has 1 fully saturated rings. The normalized spacial score (nSPS) is 16.6. The number of esters is 2. The number of hydrogen-bond acceptors (Lipinski definition) is 7. The summed E-state index contributed by atoms with van der Waals surface area (Å²) in [5.41, 5.74) is 0. The molecule has 1 heterocycles. The van der Waals surface area contributed by atoms with Gasteiger partial charge in [-0.15, -0.1) is 23.5 Å². The summed E-state index contributed by atoms with van der Waals surface area (Å²) in [6.07, 6.45) is 0. The second kappa shape index (κ2) is 9.84. The number of thioether (sulfide) groups is 2. The minimum Gasteiger partial charge on any atom is -0.468 e. The number of amides is 1. The topological polar surface area (TPSA) is 72.9 Å². The van der Waals surface area contributed by atoms with Crippen LogP contribution in [0.3, 0.4) is 0 Å². The molecule has 1 amide bonds. The van der Waals surface area contributed by atoms with Crippen molar-refractivity contribution in [2.45, 2.75) is 10.1 Å². The third-order valence-corrected chi connectivity index (χ3v) is 6.45. The van der Waals surface area contributed by atoms with Crippen molar-refractivity contribution in [3.05, 3.63) is 42.5 Å². The Morgan fingerprint density at radius 3 is 2.75 bits per heavy atom. The third kappa shape index (κ3) is 5.42. The Labute approximate surface area is 171 Å². The molecule has 28 heavy (non-hydrogen) atoms. The van der Waals surface area contributed by atoms with Gasteiger partial charge in [0.1, 0.15) is 5.25 Å². The van der Waals surface area contributed by atoms with Crippen molar-refractivity contribution >= 4 is 52.1 Å². The average Bonchev–Trinajstić information content (AvgIpc) is 2.75. The smallest absolute Gasteiger partial charge is 0.320 e. The quantitative estimate of drug-likeness (QED) is 0.526. The molecule has 0 bridgehead atoms. The van der Waals surface area contributed by atoms with Gasteiger partial charge in [0, 0.05) is 23.7 Å². The van der Waals surface area contributed by atoms with Crippen LogP contribution in [0.5, 0.6) is 0 Å². The van der Waals surface area contributed by atoms with Gasteiger partial charge in [-0.2, -0.15) is 0 Å². The van der Waals surface area contributed by atoms with E-state index in [2.05, 4.69) is 0 Å². The minimum atomic E-state index is -0.442. The van der Waals surface area contributed by atoms with Crippen molar-refractivity contribution in [1.82, 2.24) is 4.90 Å². The highest BCUT2D eigenvalue weighted by Gasteiger charge is 2.29. The van der Waals surface area contributed by atoms with Crippen molar-refractivity contribution in [2.75, 3.05) is 38.3 Å². The summed E-state index contributed by atoms with van der Waals surface area (Å²) >= 11 is 2.84. The van der Waals surface area contributed by atoms with Gasteiger partial charge >= 0.3 is 11.9 Å². The zero-order valence-electron chi connectivity index (χ0n) is 15.5. The van der Waals surface area contributed by atoms with Crippen LogP contribution in [0, 0.1) is 0 Å². The average molecular weight is 420 g/mol. The summed E-state index contributed by atoms with van der Waals surface area (Å²) in [4.78, 5) is 38.4. The Hall–Kier alpha value is -2.19. The van der Waals surface area contributed by atoms with E-state index >= 15 is 0 Å². The maximum absolute atomic E-state index is 12.3. The van der Waals surface area contributed by atoms with Crippen LogP contribution in [0.1, 0.15) is 0 Å². The first kappa shape index (κ1) is 20.5. The van der Waals surface area contributed by atoms with Gasteiger partial charge in [0.25, 0.3) is 5.91 Å². The first-order valence-electron chi connectivity index (χ1n) is 8.81. The molecule has 0 N–H and O–H groups in total. The molecule has 0 spiro atoms. The molecule has 1 atom stereocenters. The number of rotatable bonds is 6. The second-order valence-corrected chi connectivity index (χ2v) is 8.54. The van der Waals surface area contributed by atoms with Gasteiger partial charge in [0.2, 0.25) is 0 Å². The number of nitrogens with zero attached hydrogens (tertiary/aromatic N) is 1.